The molecule has 0 radical (unpaired) electrons. The summed E-state index contributed by atoms with van der Waals surface area (Å²) in [6, 6.07) is 20.8. The minimum atomic E-state index is -0.195. The summed E-state index contributed by atoms with van der Waals surface area (Å²) in [5.41, 5.74) is 4.76. The number of nitrogens with zero attached hydrogens (tertiary/aromatic N) is 1. The van der Waals surface area contributed by atoms with Gasteiger partial charge >= 0.3 is 0 Å². The third kappa shape index (κ3) is 5.36. The zero-order chi connectivity index (χ0) is 23.1. The minimum Gasteiger partial charge on any atom is -0.497 e. The summed E-state index contributed by atoms with van der Waals surface area (Å²) >= 11 is 8.09. The highest BCUT2D eigenvalue weighted by atomic mass is 35.5. The van der Waals surface area contributed by atoms with Gasteiger partial charge in [-0.1, -0.05) is 55.8 Å². The van der Waals surface area contributed by atoms with Crippen molar-refractivity contribution in [1.29, 1.82) is 0 Å². The molecule has 164 valence electrons. The van der Waals surface area contributed by atoms with Crippen LogP contribution in [0, 0.1) is 6.92 Å². The Morgan fingerprint density at radius 1 is 1.03 bits per heavy atom. The van der Waals surface area contributed by atoms with E-state index < -0.39 is 0 Å². The second-order valence-electron chi connectivity index (χ2n) is 6.73. The molecule has 1 N–H and O–H groups in total. The van der Waals surface area contributed by atoms with E-state index in [1.54, 1.807) is 36.6 Å². The standard InChI is InChI=1S/C24H19ClN2O2S.C2H6/c1-15-12-18(29-2)9-11-19(15)23(28)26-17-8-10-20(21(25)13-17)22-14-30-24(27-22)16-6-4-3-5-7-16;1-2/h3-14H,1-2H3,(H,26,28);1-2H3. The summed E-state index contributed by atoms with van der Waals surface area (Å²) in [5.74, 6) is 0.522. The molecule has 1 heterocycles. The van der Waals surface area contributed by atoms with E-state index >= 15 is 0 Å². The maximum atomic E-state index is 12.7. The lowest BCUT2D eigenvalue weighted by atomic mass is 10.1. The Hall–Kier alpha value is -3.15. The molecule has 0 unspecified atom stereocenters. The van der Waals surface area contributed by atoms with Crippen LogP contribution in [0.5, 0.6) is 5.75 Å². The lowest BCUT2D eigenvalue weighted by Crippen LogP contribution is -2.13. The highest BCUT2D eigenvalue weighted by Crippen LogP contribution is 2.34. The summed E-state index contributed by atoms with van der Waals surface area (Å²) in [4.78, 5) is 17.4. The van der Waals surface area contributed by atoms with Gasteiger partial charge in [0.15, 0.2) is 0 Å². The summed E-state index contributed by atoms with van der Waals surface area (Å²) in [7, 11) is 1.60. The number of aromatic nitrogens is 1. The highest BCUT2D eigenvalue weighted by Gasteiger charge is 2.13. The van der Waals surface area contributed by atoms with Crippen LogP contribution in [0.3, 0.4) is 0 Å². The van der Waals surface area contributed by atoms with Crippen LogP contribution in [-0.2, 0) is 0 Å². The third-order valence-electron chi connectivity index (χ3n) is 4.71. The normalized spacial score (nSPS) is 10.2. The van der Waals surface area contributed by atoms with Crippen LogP contribution in [0.2, 0.25) is 5.02 Å². The number of carbonyl (C=O) groups is 1. The number of halogens is 1. The lowest BCUT2D eigenvalue weighted by Gasteiger charge is -2.10. The van der Waals surface area contributed by atoms with Crippen molar-refractivity contribution in [3.63, 3.8) is 0 Å². The van der Waals surface area contributed by atoms with Gasteiger partial charge in [0, 0.05) is 27.8 Å². The van der Waals surface area contributed by atoms with E-state index in [0.717, 1.165) is 33.1 Å². The molecule has 0 aliphatic carbocycles. The summed E-state index contributed by atoms with van der Waals surface area (Å²) < 4.78 is 5.19. The van der Waals surface area contributed by atoms with Crippen molar-refractivity contribution in [2.75, 3.05) is 12.4 Å². The number of aryl methyl sites for hydroxylation is 1. The number of nitrogens with one attached hydrogen (secondary N) is 1. The molecule has 4 rings (SSSR count). The molecule has 0 fully saturated rings. The monoisotopic (exact) mass is 464 g/mol. The molecule has 4 nitrogen and oxygen atoms in total. The Labute approximate surface area is 197 Å². The maximum absolute atomic E-state index is 12.7. The molecule has 0 saturated carbocycles. The van der Waals surface area contributed by atoms with Crippen molar-refractivity contribution in [2.45, 2.75) is 20.8 Å². The molecule has 0 saturated heterocycles. The number of rotatable bonds is 5. The van der Waals surface area contributed by atoms with Crippen molar-refractivity contribution < 1.29 is 9.53 Å². The molecular formula is C26H25ClN2O2S. The van der Waals surface area contributed by atoms with Crippen molar-refractivity contribution >= 4 is 34.5 Å². The Morgan fingerprint density at radius 2 is 1.78 bits per heavy atom. The largest absolute Gasteiger partial charge is 0.497 e. The van der Waals surface area contributed by atoms with Gasteiger partial charge in [0.2, 0.25) is 0 Å². The molecule has 1 aromatic heterocycles. The molecule has 1 amide bonds. The van der Waals surface area contributed by atoms with Gasteiger partial charge < -0.3 is 10.1 Å². The van der Waals surface area contributed by atoms with E-state index in [9.17, 15) is 4.79 Å². The van der Waals surface area contributed by atoms with Gasteiger partial charge in [-0.3, -0.25) is 4.79 Å². The zero-order valence-electron chi connectivity index (χ0n) is 18.5. The van der Waals surface area contributed by atoms with Gasteiger partial charge in [0.25, 0.3) is 5.91 Å². The molecule has 0 aliphatic heterocycles. The van der Waals surface area contributed by atoms with Crippen LogP contribution in [-0.4, -0.2) is 18.0 Å². The fourth-order valence-electron chi connectivity index (χ4n) is 3.13. The first-order chi connectivity index (χ1) is 15.5. The van der Waals surface area contributed by atoms with Crippen molar-refractivity contribution in [3.05, 3.63) is 88.3 Å². The van der Waals surface area contributed by atoms with E-state index in [1.807, 2.05) is 74.7 Å². The number of hydrogen-bond acceptors (Lipinski definition) is 4. The fourth-order valence-corrected chi connectivity index (χ4v) is 4.23. The molecule has 0 aliphatic rings. The van der Waals surface area contributed by atoms with E-state index in [4.69, 9.17) is 21.3 Å². The highest BCUT2D eigenvalue weighted by molar-refractivity contribution is 7.13. The molecule has 32 heavy (non-hydrogen) atoms. The van der Waals surface area contributed by atoms with E-state index in [-0.39, 0.29) is 5.91 Å². The van der Waals surface area contributed by atoms with Crippen molar-refractivity contribution in [1.82, 2.24) is 4.98 Å². The van der Waals surface area contributed by atoms with Gasteiger partial charge in [0.05, 0.1) is 17.8 Å². The summed E-state index contributed by atoms with van der Waals surface area (Å²) in [6.45, 7) is 5.88. The van der Waals surface area contributed by atoms with Gasteiger partial charge in [-0.15, -0.1) is 11.3 Å². The molecular weight excluding hydrogens is 440 g/mol. The number of anilines is 1. The van der Waals surface area contributed by atoms with Gasteiger partial charge in [0.1, 0.15) is 10.8 Å². The van der Waals surface area contributed by atoms with Crippen LogP contribution >= 0.6 is 22.9 Å². The average Bonchev–Trinajstić information content (AvgIpc) is 3.31. The number of methoxy groups -OCH3 is 1. The summed E-state index contributed by atoms with van der Waals surface area (Å²) in [6.07, 6.45) is 0. The van der Waals surface area contributed by atoms with Crippen LogP contribution in [0.25, 0.3) is 21.8 Å². The predicted octanol–water partition coefficient (Wildman–Crippen LogP) is 7.73. The summed E-state index contributed by atoms with van der Waals surface area (Å²) in [5, 5.41) is 6.36. The predicted molar refractivity (Wildman–Crippen MR) is 135 cm³/mol. The quantitative estimate of drug-likeness (QED) is 0.328. The maximum Gasteiger partial charge on any atom is 0.255 e. The van der Waals surface area contributed by atoms with Gasteiger partial charge in [-0.25, -0.2) is 4.98 Å². The Kier molecular flexibility index (Phi) is 8.03. The zero-order valence-corrected chi connectivity index (χ0v) is 20.1. The van der Waals surface area contributed by atoms with Crippen LogP contribution in [0.1, 0.15) is 29.8 Å². The molecule has 0 bridgehead atoms. The molecule has 4 aromatic rings. The number of thiazole rings is 1. The Bertz CT molecular complexity index is 1210. The van der Waals surface area contributed by atoms with Crippen LogP contribution in [0.4, 0.5) is 5.69 Å². The Balaban J connectivity index is 0.00000141. The smallest absolute Gasteiger partial charge is 0.255 e. The first-order valence-electron chi connectivity index (χ1n) is 10.3. The Morgan fingerprint density at radius 3 is 2.44 bits per heavy atom. The van der Waals surface area contributed by atoms with E-state index in [2.05, 4.69) is 5.32 Å². The number of carbonyl (C=O) groups excluding carboxylic acids is 1. The first-order valence-corrected chi connectivity index (χ1v) is 11.6. The fraction of sp³-hybridized carbons (Fsp3) is 0.154. The van der Waals surface area contributed by atoms with E-state index in [1.165, 1.54) is 0 Å². The first kappa shape index (κ1) is 23.5. The number of benzene rings is 3. The average molecular weight is 465 g/mol. The number of hydrogen-bond donors (Lipinski definition) is 1. The van der Waals surface area contributed by atoms with Crippen LogP contribution < -0.4 is 10.1 Å². The molecule has 6 heteroatoms. The second kappa shape index (κ2) is 10.9. The molecule has 0 atom stereocenters. The van der Waals surface area contributed by atoms with Crippen molar-refractivity contribution in [3.8, 4) is 27.6 Å². The lowest BCUT2D eigenvalue weighted by molar-refractivity contribution is 0.102. The van der Waals surface area contributed by atoms with Gasteiger partial charge in [-0.05, 0) is 48.9 Å². The minimum absolute atomic E-state index is 0.195. The second-order valence-corrected chi connectivity index (χ2v) is 8.00. The molecule has 3 aromatic carbocycles. The topological polar surface area (TPSA) is 51.2 Å². The van der Waals surface area contributed by atoms with Gasteiger partial charge in [-0.2, -0.15) is 0 Å². The van der Waals surface area contributed by atoms with Crippen LogP contribution in [0.15, 0.2) is 72.1 Å². The number of ether oxygens (including phenoxy) is 1. The van der Waals surface area contributed by atoms with Crippen molar-refractivity contribution in [2.24, 2.45) is 0 Å². The SMILES string of the molecule is CC.COc1ccc(C(=O)Nc2ccc(-c3csc(-c4ccccc4)n3)c(Cl)c2)c(C)c1. The number of amides is 1. The molecule has 0 spiro atoms. The van der Waals surface area contributed by atoms with E-state index in [0.29, 0.717) is 16.3 Å². The third-order valence-corrected chi connectivity index (χ3v) is 5.91.